The predicted octanol–water partition coefficient (Wildman–Crippen LogP) is 4.14. The van der Waals surface area contributed by atoms with Crippen LogP contribution in [0.4, 0.5) is 5.69 Å². The molecule has 4 heteroatoms. The predicted molar refractivity (Wildman–Crippen MR) is 113 cm³/mol. The Balaban J connectivity index is 1.31. The van der Waals surface area contributed by atoms with E-state index in [2.05, 4.69) is 76.7 Å². The number of hydrogen-bond acceptors (Lipinski definition) is 3. The van der Waals surface area contributed by atoms with Gasteiger partial charge in [0.25, 0.3) is 0 Å². The fourth-order valence-electron chi connectivity index (χ4n) is 4.53. The highest BCUT2D eigenvalue weighted by Gasteiger charge is 2.37. The van der Waals surface area contributed by atoms with E-state index in [0.717, 1.165) is 62.5 Å². The first-order chi connectivity index (χ1) is 13.8. The lowest BCUT2D eigenvalue weighted by Gasteiger charge is -2.41. The molecular weight excluding hydrogens is 346 g/mol. The molecule has 0 bridgehead atoms. The minimum Gasteiger partial charge on any atom is -0.462 e. The normalized spacial score (nSPS) is 30.0. The number of quaternary nitrogens is 1. The van der Waals surface area contributed by atoms with Gasteiger partial charge in [0.15, 0.2) is 12.0 Å². The Morgan fingerprint density at radius 2 is 1.79 bits per heavy atom. The van der Waals surface area contributed by atoms with Gasteiger partial charge in [-0.1, -0.05) is 30.4 Å². The van der Waals surface area contributed by atoms with E-state index in [1.807, 2.05) is 6.26 Å². The molecule has 0 amide bonds. The van der Waals surface area contributed by atoms with Crippen molar-refractivity contribution in [1.82, 2.24) is 4.90 Å². The maximum absolute atomic E-state index is 6.11. The zero-order valence-electron chi connectivity index (χ0n) is 16.3. The number of para-hydroxylation sites is 1. The van der Waals surface area contributed by atoms with Crippen molar-refractivity contribution in [2.75, 3.05) is 44.3 Å². The highest BCUT2D eigenvalue weighted by molar-refractivity contribution is 5.46. The van der Waals surface area contributed by atoms with Gasteiger partial charge in [-0.25, -0.2) is 4.48 Å². The van der Waals surface area contributed by atoms with Crippen LogP contribution >= 0.6 is 0 Å². The maximum atomic E-state index is 6.11. The van der Waals surface area contributed by atoms with Gasteiger partial charge in [0, 0.05) is 56.0 Å². The second-order valence-corrected chi connectivity index (χ2v) is 8.00. The highest BCUT2D eigenvalue weighted by atomic mass is 16.5. The molecule has 0 radical (unpaired) electrons. The lowest BCUT2D eigenvalue weighted by atomic mass is 10.0. The van der Waals surface area contributed by atoms with E-state index in [9.17, 15) is 0 Å². The average Bonchev–Trinajstić information content (AvgIpc) is 3.12. The molecule has 1 aromatic rings. The third-order valence-electron chi connectivity index (χ3n) is 6.20. The van der Waals surface area contributed by atoms with Gasteiger partial charge in [0.05, 0.1) is 0 Å². The standard InChI is InChI=1S/C24H28N3O/c1-2-8-22(9-3-1)26-15-13-25(14-16-26)20-27-17-6-10-23(27)19-28-24-11-5-4-7-21(24)12-18-27/h1-4,6-10,12,18-19H,5,11,13-17,20H2/q+1/b18-12-,23-19-. The van der Waals surface area contributed by atoms with Crippen molar-refractivity contribution in [1.29, 1.82) is 0 Å². The van der Waals surface area contributed by atoms with Crippen LogP contribution in [0.1, 0.15) is 12.8 Å². The summed E-state index contributed by atoms with van der Waals surface area (Å²) in [4.78, 5) is 5.09. The molecule has 0 spiro atoms. The third-order valence-corrected chi connectivity index (χ3v) is 6.20. The smallest absolute Gasteiger partial charge is 0.174 e. The van der Waals surface area contributed by atoms with Crippen molar-refractivity contribution in [3.05, 3.63) is 90.2 Å². The molecule has 0 N–H and O–H groups in total. The molecule has 3 heterocycles. The molecule has 144 valence electrons. The number of hydrogen-bond donors (Lipinski definition) is 0. The van der Waals surface area contributed by atoms with Crippen LogP contribution < -0.4 is 4.90 Å². The van der Waals surface area contributed by atoms with E-state index >= 15 is 0 Å². The molecule has 1 fully saturated rings. The number of allylic oxidation sites excluding steroid dienone is 6. The molecule has 0 saturated carbocycles. The second-order valence-electron chi connectivity index (χ2n) is 8.00. The van der Waals surface area contributed by atoms with Crippen LogP contribution in [0.2, 0.25) is 0 Å². The number of rotatable bonds is 3. The fraction of sp³-hybridized carbons (Fsp3) is 0.333. The molecule has 1 aliphatic carbocycles. The van der Waals surface area contributed by atoms with Crippen LogP contribution in [0.5, 0.6) is 0 Å². The summed E-state index contributed by atoms with van der Waals surface area (Å²) in [6.07, 6.45) is 17.6. The van der Waals surface area contributed by atoms with E-state index < -0.39 is 0 Å². The summed E-state index contributed by atoms with van der Waals surface area (Å²) in [5.74, 6) is 1.10. The van der Waals surface area contributed by atoms with Crippen molar-refractivity contribution in [3.8, 4) is 0 Å². The average molecular weight is 375 g/mol. The SMILES string of the molecule is C1=CC2=C(CC1)O/C=C1/C=CC[N+]1(CN1CCN(c3ccccc3)CC1)/C=C\2. The summed E-state index contributed by atoms with van der Waals surface area (Å²) in [7, 11) is 0. The van der Waals surface area contributed by atoms with Crippen LogP contribution in [0.3, 0.4) is 0 Å². The molecule has 1 unspecified atom stereocenters. The summed E-state index contributed by atoms with van der Waals surface area (Å²) >= 11 is 0. The third kappa shape index (κ3) is 3.34. The number of piperazine rings is 1. The number of ether oxygens (including phenoxy) is 1. The Kier molecular flexibility index (Phi) is 4.67. The second kappa shape index (κ2) is 7.46. The molecule has 1 saturated heterocycles. The summed E-state index contributed by atoms with van der Waals surface area (Å²) in [6, 6.07) is 10.8. The number of nitrogens with zero attached hydrogens (tertiary/aromatic N) is 3. The Hall–Kier alpha value is -2.56. The Morgan fingerprint density at radius 3 is 2.64 bits per heavy atom. The van der Waals surface area contributed by atoms with Gasteiger partial charge in [-0.2, -0.15) is 0 Å². The number of fused-ring (bicyclic) bond motifs is 1. The van der Waals surface area contributed by atoms with Crippen LogP contribution in [0.15, 0.2) is 90.2 Å². The summed E-state index contributed by atoms with van der Waals surface area (Å²) < 4.78 is 6.94. The molecule has 3 aliphatic heterocycles. The molecule has 5 rings (SSSR count). The van der Waals surface area contributed by atoms with Crippen molar-refractivity contribution in [3.63, 3.8) is 0 Å². The first-order valence-corrected chi connectivity index (χ1v) is 10.3. The van der Waals surface area contributed by atoms with Crippen molar-refractivity contribution >= 4 is 5.69 Å². The van der Waals surface area contributed by atoms with Crippen molar-refractivity contribution < 1.29 is 9.22 Å². The van der Waals surface area contributed by atoms with Crippen molar-refractivity contribution in [2.24, 2.45) is 0 Å². The largest absolute Gasteiger partial charge is 0.462 e. The van der Waals surface area contributed by atoms with Crippen LogP contribution in [0, 0.1) is 0 Å². The van der Waals surface area contributed by atoms with E-state index in [1.165, 1.54) is 17.0 Å². The maximum Gasteiger partial charge on any atom is 0.174 e. The van der Waals surface area contributed by atoms with Crippen LogP contribution in [0.25, 0.3) is 0 Å². The van der Waals surface area contributed by atoms with E-state index in [4.69, 9.17) is 4.74 Å². The fourth-order valence-corrected chi connectivity index (χ4v) is 4.53. The summed E-state index contributed by atoms with van der Waals surface area (Å²) in [5.41, 5.74) is 3.81. The molecular formula is C24H28N3O+. The zero-order valence-corrected chi connectivity index (χ0v) is 16.3. The Morgan fingerprint density at radius 1 is 0.929 bits per heavy atom. The first kappa shape index (κ1) is 17.5. The summed E-state index contributed by atoms with van der Waals surface area (Å²) in [5, 5.41) is 0. The van der Waals surface area contributed by atoms with E-state index in [1.54, 1.807) is 0 Å². The van der Waals surface area contributed by atoms with Crippen LogP contribution in [-0.4, -0.2) is 48.8 Å². The number of benzene rings is 1. The van der Waals surface area contributed by atoms with Crippen LogP contribution in [-0.2, 0) is 4.74 Å². The van der Waals surface area contributed by atoms with Gasteiger partial charge >= 0.3 is 0 Å². The van der Waals surface area contributed by atoms with Gasteiger partial charge < -0.3 is 9.64 Å². The first-order valence-electron chi connectivity index (χ1n) is 10.3. The monoisotopic (exact) mass is 374 g/mol. The minimum atomic E-state index is 0.829. The van der Waals surface area contributed by atoms with E-state index in [0.29, 0.717) is 0 Å². The molecule has 1 aromatic carbocycles. The quantitative estimate of drug-likeness (QED) is 0.740. The van der Waals surface area contributed by atoms with Gasteiger partial charge in [-0.05, 0) is 24.6 Å². The molecule has 1 atom stereocenters. The van der Waals surface area contributed by atoms with Gasteiger partial charge in [0.1, 0.15) is 25.2 Å². The summed E-state index contributed by atoms with van der Waals surface area (Å²) in [6.45, 7) is 6.32. The lowest BCUT2D eigenvalue weighted by Crippen LogP contribution is -2.54. The van der Waals surface area contributed by atoms with Gasteiger partial charge in [-0.15, -0.1) is 0 Å². The lowest BCUT2D eigenvalue weighted by molar-refractivity contribution is -0.840. The van der Waals surface area contributed by atoms with Crippen molar-refractivity contribution in [2.45, 2.75) is 12.8 Å². The Bertz CT molecular complexity index is 872. The number of anilines is 1. The topological polar surface area (TPSA) is 15.7 Å². The zero-order chi connectivity index (χ0) is 18.8. The molecule has 28 heavy (non-hydrogen) atoms. The van der Waals surface area contributed by atoms with Gasteiger partial charge in [0.2, 0.25) is 0 Å². The Labute approximate surface area is 167 Å². The molecule has 4 nitrogen and oxygen atoms in total. The molecule has 0 aromatic heterocycles. The highest BCUT2D eigenvalue weighted by Crippen LogP contribution is 2.32. The molecule has 4 aliphatic rings. The minimum absolute atomic E-state index is 0.829. The van der Waals surface area contributed by atoms with E-state index in [-0.39, 0.29) is 0 Å². The van der Waals surface area contributed by atoms with Gasteiger partial charge in [-0.3, -0.25) is 4.90 Å².